The minimum Gasteiger partial charge on any atom is -0.456 e. The Balaban J connectivity index is 1.15. The summed E-state index contributed by atoms with van der Waals surface area (Å²) in [4.78, 5) is 20.5. The number of furan rings is 1. The molecule has 8 aromatic carbocycles. The molecule has 0 radical (unpaired) electrons. The van der Waals surface area contributed by atoms with E-state index in [-0.39, 0.29) is 0 Å². The number of fused-ring (bicyclic) bond motifs is 8. The first-order chi connectivity index (χ1) is 26.7. The van der Waals surface area contributed by atoms with Gasteiger partial charge in [-0.2, -0.15) is 0 Å². The normalized spacial score (nSPS) is 11.7. The molecule has 0 amide bonds. The summed E-state index contributed by atoms with van der Waals surface area (Å²) in [5.74, 6) is 2.17. The lowest BCUT2D eigenvalue weighted by Gasteiger charge is -2.11. The van der Waals surface area contributed by atoms with Crippen LogP contribution in [0.3, 0.4) is 0 Å². The predicted molar refractivity (Wildman–Crippen MR) is 217 cm³/mol. The van der Waals surface area contributed by atoms with Crippen LogP contribution in [0, 0.1) is 0 Å². The van der Waals surface area contributed by atoms with Crippen molar-refractivity contribution < 1.29 is 8.83 Å². The average molecular weight is 693 g/mol. The van der Waals surface area contributed by atoms with Crippen LogP contribution < -0.4 is 0 Å². The molecular formula is C48H28N4O2. The van der Waals surface area contributed by atoms with Crippen molar-refractivity contribution in [3.8, 4) is 56.7 Å². The highest BCUT2D eigenvalue weighted by Crippen LogP contribution is 2.43. The molecule has 0 N–H and O–H groups in total. The van der Waals surface area contributed by atoms with E-state index in [4.69, 9.17) is 28.8 Å². The van der Waals surface area contributed by atoms with Gasteiger partial charge in [-0.3, -0.25) is 0 Å². The summed E-state index contributed by atoms with van der Waals surface area (Å²) in [5.41, 5.74) is 8.64. The third-order valence-electron chi connectivity index (χ3n) is 10.2. The molecule has 0 aliphatic carbocycles. The molecule has 54 heavy (non-hydrogen) atoms. The van der Waals surface area contributed by atoms with Crippen LogP contribution in [0.25, 0.3) is 111 Å². The molecule has 0 spiro atoms. The van der Waals surface area contributed by atoms with E-state index in [0.29, 0.717) is 34.5 Å². The molecule has 0 saturated heterocycles. The Morgan fingerprint density at radius 3 is 1.78 bits per heavy atom. The van der Waals surface area contributed by atoms with Gasteiger partial charge in [-0.15, -0.1) is 0 Å². The van der Waals surface area contributed by atoms with E-state index in [2.05, 4.69) is 84.9 Å². The van der Waals surface area contributed by atoms with Crippen LogP contribution in [0.15, 0.2) is 179 Å². The lowest BCUT2D eigenvalue weighted by atomic mass is 9.97. The van der Waals surface area contributed by atoms with Crippen LogP contribution in [0.1, 0.15) is 0 Å². The molecule has 0 aliphatic heterocycles. The molecule has 6 heteroatoms. The highest BCUT2D eigenvalue weighted by atomic mass is 16.3. The summed E-state index contributed by atoms with van der Waals surface area (Å²) in [7, 11) is 0. The second-order valence-corrected chi connectivity index (χ2v) is 13.4. The fourth-order valence-electron chi connectivity index (χ4n) is 7.59. The number of benzene rings is 8. The van der Waals surface area contributed by atoms with Gasteiger partial charge in [0.25, 0.3) is 0 Å². The van der Waals surface area contributed by atoms with Gasteiger partial charge in [-0.1, -0.05) is 140 Å². The van der Waals surface area contributed by atoms with Gasteiger partial charge in [0.2, 0.25) is 5.89 Å². The number of hydrogen-bond acceptors (Lipinski definition) is 6. The smallest absolute Gasteiger partial charge is 0.227 e. The predicted octanol–water partition coefficient (Wildman–Crippen LogP) is 12.6. The molecule has 11 aromatic rings. The van der Waals surface area contributed by atoms with Gasteiger partial charge in [0.15, 0.2) is 23.1 Å². The Morgan fingerprint density at radius 2 is 0.981 bits per heavy atom. The number of oxazole rings is 1. The molecule has 6 nitrogen and oxygen atoms in total. The molecule has 0 saturated carbocycles. The molecule has 0 bridgehead atoms. The third-order valence-corrected chi connectivity index (χ3v) is 10.2. The van der Waals surface area contributed by atoms with Crippen LogP contribution in [0.2, 0.25) is 0 Å². The summed E-state index contributed by atoms with van der Waals surface area (Å²) < 4.78 is 13.1. The molecule has 0 fully saturated rings. The van der Waals surface area contributed by atoms with E-state index in [1.54, 1.807) is 0 Å². The summed E-state index contributed by atoms with van der Waals surface area (Å²) in [6, 6.07) is 57.6. The molecule has 252 valence electrons. The van der Waals surface area contributed by atoms with E-state index >= 15 is 0 Å². The van der Waals surface area contributed by atoms with Crippen LogP contribution >= 0.6 is 0 Å². The Morgan fingerprint density at radius 1 is 0.352 bits per heavy atom. The minimum absolute atomic E-state index is 0.508. The van der Waals surface area contributed by atoms with Gasteiger partial charge in [-0.25, -0.2) is 19.9 Å². The fraction of sp³-hybridized carbons (Fsp3) is 0. The van der Waals surface area contributed by atoms with Crippen molar-refractivity contribution in [3.63, 3.8) is 0 Å². The van der Waals surface area contributed by atoms with Crippen molar-refractivity contribution in [2.45, 2.75) is 0 Å². The Labute approximate surface area is 309 Å². The molecule has 0 unspecified atom stereocenters. The van der Waals surface area contributed by atoms with Gasteiger partial charge < -0.3 is 8.83 Å². The van der Waals surface area contributed by atoms with Gasteiger partial charge in [0.1, 0.15) is 16.7 Å². The number of hydrogen-bond donors (Lipinski definition) is 0. The molecule has 0 aliphatic rings. The first-order valence-corrected chi connectivity index (χ1v) is 17.9. The first kappa shape index (κ1) is 30.2. The summed E-state index contributed by atoms with van der Waals surface area (Å²) in [5, 5.41) is 6.33. The van der Waals surface area contributed by atoms with Crippen LogP contribution in [0.4, 0.5) is 0 Å². The lowest BCUT2D eigenvalue weighted by Crippen LogP contribution is -2.01. The number of nitrogens with zero attached hydrogens (tertiary/aromatic N) is 4. The maximum Gasteiger partial charge on any atom is 0.227 e. The molecule has 0 atom stereocenters. The van der Waals surface area contributed by atoms with Gasteiger partial charge in [0, 0.05) is 38.4 Å². The van der Waals surface area contributed by atoms with E-state index in [1.165, 1.54) is 16.3 Å². The minimum atomic E-state index is 0.508. The first-order valence-electron chi connectivity index (χ1n) is 17.9. The van der Waals surface area contributed by atoms with Crippen LogP contribution in [-0.4, -0.2) is 19.9 Å². The largest absolute Gasteiger partial charge is 0.456 e. The monoisotopic (exact) mass is 692 g/mol. The highest BCUT2D eigenvalue weighted by Gasteiger charge is 2.23. The van der Waals surface area contributed by atoms with Crippen molar-refractivity contribution in [3.05, 3.63) is 170 Å². The second-order valence-electron chi connectivity index (χ2n) is 13.4. The highest BCUT2D eigenvalue weighted by molar-refractivity contribution is 6.26. The quantitative estimate of drug-likeness (QED) is 0.179. The number of aromatic nitrogens is 4. The zero-order valence-corrected chi connectivity index (χ0v) is 28.8. The SMILES string of the molecule is c1ccc(-c2nc(-c3ccc(-c4cccc5ccccc45)cc3)nc(-c3cc4ccc5oc6ccccc6c5c4c4oc(-c5ccccc5)nc34)n2)cc1. The molecule has 11 rings (SSSR count). The Hall–Kier alpha value is -7.44. The second kappa shape index (κ2) is 12.1. The van der Waals surface area contributed by atoms with Crippen molar-refractivity contribution >= 4 is 54.6 Å². The summed E-state index contributed by atoms with van der Waals surface area (Å²) >= 11 is 0. The number of para-hydroxylation sites is 1. The molecule has 3 heterocycles. The van der Waals surface area contributed by atoms with Crippen molar-refractivity contribution in [1.82, 2.24) is 19.9 Å². The van der Waals surface area contributed by atoms with Crippen LogP contribution in [0.5, 0.6) is 0 Å². The third kappa shape index (κ3) is 4.89. The zero-order valence-electron chi connectivity index (χ0n) is 28.8. The van der Waals surface area contributed by atoms with Crippen LogP contribution in [-0.2, 0) is 0 Å². The topological polar surface area (TPSA) is 77.8 Å². The van der Waals surface area contributed by atoms with Gasteiger partial charge in [-0.05, 0) is 57.6 Å². The van der Waals surface area contributed by atoms with Crippen molar-refractivity contribution in [2.24, 2.45) is 0 Å². The molecular weight excluding hydrogens is 665 g/mol. The lowest BCUT2D eigenvalue weighted by molar-refractivity contribution is 0.623. The Bertz CT molecular complexity index is 3200. The van der Waals surface area contributed by atoms with Crippen molar-refractivity contribution in [1.29, 1.82) is 0 Å². The summed E-state index contributed by atoms with van der Waals surface area (Å²) in [6.45, 7) is 0. The Kier molecular flexibility index (Phi) is 6.75. The van der Waals surface area contributed by atoms with E-state index in [1.807, 2.05) is 84.9 Å². The maximum absolute atomic E-state index is 6.75. The number of rotatable bonds is 5. The fourth-order valence-corrected chi connectivity index (χ4v) is 7.59. The average Bonchev–Trinajstić information content (AvgIpc) is 3.87. The standard InChI is InChI=1S/C48H28N4O2/c1-3-13-31(14-4-1)45-50-46(32-24-22-30(23-25-32)36-20-11-17-29-12-7-8-18-35(29)36)52-47(51-45)38-28-34-26-27-40-42(37-19-9-10-21-39(37)53-40)41(34)44-43(38)49-48(54-44)33-15-5-2-6-16-33/h1-28H. The summed E-state index contributed by atoms with van der Waals surface area (Å²) in [6.07, 6.45) is 0. The maximum atomic E-state index is 6.75. The van der Waals surface area contributed by atoms with E-state index < -0.39 is 0 Å². The van der Waals surface area contributed by atoms with Gasteiger partial charge >= 0.3 is 0 Å². The molecule has 3 aromatic heterocycles. The zero-order chi connectivity index (χ0) is 35.6. The van der Waals surface area contributed by atoms with E-state index in [0.717, 1.165) is 60.5 Å². The van der Waals surface area contributed by atoms with Crippen molar-refractivity contribution in [2.75, 3.05) is 0 Å². The van der Waals surface area contributed by atoms with Gasteiger partial charge in [0.05, 0.1) is 0 Å². The van der Waals surface area contributed by atoms with E-state index in [9.17, 15) is 0 Å².